The Hall–Kier alpha value is -1.02. The lowest BCUT2D eigenvalue weighted by Gasteiger charge is -2.38. The van der Waals surface area contributed by atoms with E-state index in [2.05, 4.69) is 0 Å². The molecule has 176 valence electrons. The van der Waals surface area contributed by atoms with Gasteiger partial charge in [0.25, 0.3) is 0 Å². The number of esters is 1. The molecule has 7 heteroatoms. The standard InChI is InChI=1S/C23H42O7/c1-10-9-11(2)19(26)14(5)21(28)16(7)23(29)30-22(12(3)17(8)24)15(6)20(27)13(4)18(10)25/h10-17,19-22,24,26-28H,9H2,1-8H3/t10-,11?,12+,13+,14-,15-,16-,17+,19+,20-,21+,22-/m1/s1. The van der Waals surface area contributed by atoms with Crippen molar-refractivity contribution in [3.8, 4) is 0 Å². The lowest BCUT2D eigenvalue weighted by molar-refractivity contribution is -0.172. The molecule has 0 spiro atoms. The third kappa shape index (κ3) is 6.02. The minimum Gasteiger partial charge on any atom is -0.461 e. The number of hydrogen-bond donors (Lipinski definition) is 4. The number of Topliss-reactive ketones (excluding diaryl/α,β-unsaturated/α-hetero) is 1. The number of ketones is 1. The Balaban J connectivity index is 3.37. The molecular formula is C23H42O7. The number of hydrogen-bond acceptors (Lipinski definition) is 7. The monoisotopic (exact) mass is 430 g/mol. The summed E-state index contributed by atoms with van der Waals surface area (Å²) in [6.07, 6.45) is -4.33. The minimum absolute atomic E-state index is 0.123. The molecule has 0 aromatic carbocycles. The number of rotatable bonds is 2. The van der Waals surface area contributed by atoms with Crippen LogP contribution in [-0.4, -0.2) is 62.7 Å². The summed E-state index contributed by atoms with van der Waals surface area (Å²) in [6.45, 7) is 13.5. The average Bonchev–Trinajstić information content (AvgIpc) is 2.71. The van der Waals surface area contributed by atoms with Crippen LogP contribution in [0.2, 0.25) is 0 Å². The first-order valence-electron chi connectivity index (χ1n) is 11.2. The highest BCUT2D eigenvalue weighted by atomic mass is 16.5. The summed E-state index contributed by atoms with van der Waals surface area (Å²) in [4.78, 5) is 25.8. The van der Waals surface area contributed by atoms with Crippen molar-refractivity contribution in [3.05, 3.63) is 0 Å². The average molecular weight is 431 g/mol. The van der Waals surface area contributed by atoms with E-state index in [0.717, 1.165) is 0 Å². The van der Waals surface area contributed by atoms with E-state index in [1.54, 1.807) is 48.5 Å². The molecule has 1 unspecified atom stereocenters. The van der Waals surface area contributed by atoms with Gasteiger partial charge in [-0.2, -0.15) is 0 Å². The molecule has 0 amide bonds. The van der Waals surface area contributed by atoms with Gasteiger partial charge in [0.05, 0.1) is 30.3 Å². The highest BCUT2D eigenvalue weighted by Gasteiger charge is 2.42. The molecule has 1 saturated heterocycles. The Morgan fingerprint density at radius 3 is 1.83 bits per heavy atom. The van der Waals surface area contributed by atoms with Crippen molar-refractivity contribution in [2.45, 2.75) is 92.3 Å². The SMILES string of the molecule is CC1C[C@@H](C)C(=O)[C@H](C)[C@@H](O)[C@@H](C)[C@@H]([C@@H](C)[C@H](C)O)OC(=O)[C@H](C)[C@@H](O)[C@H](C)[C@H]1O. The van der Waals surface area contributed by atoms with Crippen LogP contribution in [0.1, 0.15) is 61.8 Å². The lowest BCUT2D eigenvalue weighted by atomic mass is 9.76. The largest absolute Gasteiger partial charge is 0.461 e. The predicted molar refractivity (Wildman–Crippen MR) is 113 cm³/mol. The maximum atomic E-state index is 12.9. The van der Waals surface area contributed by atoms with Crippen LogP contribution in [0.5, 0.6) is 0 Å². The van der Waals surface area contributed by atoms with Gasteiger partial charge < -0.3 is 25.2 Å². The van der Waals surface area contributed by atoms with E-state index < -0.39 is 66.1 Å². The van der Waals surface area contributed by atoms with Gasteiger partial charge >= 0.3 is 5.97 Å². The van der Waals surface area contributed by atoms with Gasteiger partial charge in [0.2, 0.25) is 0 Å². The van der Waals surface area contributed by atoms with Gasteiger partial charge in [-0.3, -0.25) is 9.59 Å². The third-order valence-electron chi connectivity index (χ3n) is 7.30. The van der Waals surface area contributed by atoms with Gasteiger partial charge in [-0.1, -0.05) is 41.5 Å². The highest BCUT2D eigenvalue weighted by Crippen LogP contribution is 2.32. The van der Waals surface area contributed by atoms with Crippen molar-refractivity contribution >= 4 is 11.8 Å². The molecule has 1 rings (SSSR count). The van der Waals surface area contributed by atoms with Crippen molar-refractivity contribution in [1.82, 2.24) is 0 Å². The zero-order valence-corrected chi connectivity index (χ0v) is 19.6. The quantitative estimate of drug-likeness (QED) is 0.492. The molecule has 1 heterocycles. The summed E-state index contributed by atoms with van der Waals surface area (Å²) in [5.74, 6) is -4.70. The molecule has 0 aromatic rings. The fourth-order valence-corrected chi connectivity index (χ4v) is 4.60. The van der Waals surface area contributed by atoms with Crippen LogP contribution in [0.15, 0.2) is 0 Å². The molecule has 0 saturated carbocycles. The van der Waals surface area contributed by atoms with Gasteiger partial charge in [-0.05, 0) is 26.2 Å². The zero-order valence-electron chi connectivity index (χ0n) is 19.6. The van der Waals surface area contributed by atoms with Crippen LogP contribution in [0.25, 0.3) is 0 Å². The van der Waals surface area contributed by atoms with E-state index in [9.17, 15) is 30.0 Å². The smallest absolute Gasteiger partial charge is 0.311 e. The second kappa shape index (κ2) is 11.0. The molecule has 12 atom stereocenters. The highest BCUT2D eigenvalue weighted by molar-refractivity contribution is 5.83. The van der Waals surface area contributed by atoms with Gasteiger partial charge in [0.1, 0.15) is 11.9 Å². The van der Waals surface area contributed by atoms with Crippen molar-refractivity contribution in [2.75, 3.05) is 0 Å². The fourth-order valence-electron chi connectivity index (χ4n) is 4.60. The summed E-state index contributed by atoms with van der Waals surface area (Å²) in [5, 5.41) is 42.4. The second-order valence-corrected chi connectivity index (χ2v) is 9.78. The Kier molecular flexibility index (Phi) is 9.93. The van der Waals surface area contributed by atoms with Crippen molar-refractivity contribution < 1.29 is 34.8 Å². The van der Waals surface area contributed by atoms with Gasteiger partial charge in [0.15, 0.2) is 0 Å². The number of aliphatic hydroxyl groups is 4. The summed E-state index contributed by atoms with van der Waals surface area (Å²) in [6, 6.07) is 0. The molecular weight excluding hydrogens is 388 g/mol. The maximum Gasteiger partial charge on any atom is 0.311 e. The van der Waals surface area contributed by atoms with E-state index in [0.29, 0.717) is 6.42 Å². The zero-order chi connectivity index (χ0) is 23.5. The molecule has 30 heavy (non-hydrogen) atoms. The molecule has 7 nitrogen and oxygen atoms in total. The predicted octanol–water partition coefficient (Wildman–Crippen LogP) is 1.79. The number of carbonyl (C=O) groups is 2. The van der Waals surface area contributed by atoms with E-state index >= 15 is 0 Å². The second-order valence-electron chi connectivity index (χ2n) is 9.78. The summed E-state index contributed by atoms with van der Waals surface area (Å²) < 4.78 is 5.69. The minimum atomic E-state index is -1.13. The summed E-state index contributed by atoms with van der Waals surface area (Å²) in [7, 11) is 0. The lowest BCUT2D eigenvalue weighted by Crippen LogP contribution is -2.48. The van der Waals surface area contributed by atoms with E-state index in [4.69, 9.17) is 4.74 Å². The van der Waals surface area contributed by atoms with Crippen LogP contribution in [-0.2, 0) is 14.3 Å². The maximum absolute atomic E-state index is 12.9. The molecule has 0 bridgehead atoms. The van der Waals surface area contributed by atoms with E-state index in [1.165, 1.54) is 0 Å². The fraction of sp³-hybridized carbons (Fsp3) is 0.913. The van der Waals surface area contributed by atoms with Crippen LogP contribution < -0.4 is 0 Å². The van der Waals surface area contributed by atoms with Crippen LogP contribution in [0.3, 0.4) is 0 Å². The third-order valence-corrected chi connectivity index (χ3v) is 7.30. The van der Waals surface area contributed by atoms with Gasteiger partial charge in [0, 0.05) is 29.6 Å². The summed E-state index contributed by atoms with van der Waals surface area (Å²) >= 11 is 0. The number of carbonyl (C=O) groups excluding carboxylic acids is 2. The Morgan fingerprint density at radius 2 is 1.33 bits per heavy atom. The van der Waals surface area contributed by atoms with Gasteiger partial charge in [-0.15, -0.1) is 0 Å². The first-order valence-corrected chi connectivity index (χ1v) is 11.2. The Morgan fingerprint density at radius 1 is 0.833 bits per heavy atom. The van der Waals surface area contributed by atoms with E-state index in [-0.39, 0.29) is 17.6 Å². The number of aliphatic hydroxyl groups excluding tert-OH is 4. The summed E-state index contributed by atoms with van der Waals surface area (Å²) in [5.41, 5.74) is 0. The Labute approximate surface area is 180 Å². The van der Waals surface area contributed by atoms with Crippen molar-refractivity contribution in [3.63, 3.8) is 0 Å². The molecule has 0 aliphatic carbocycles. The first-order chi connectivity index (χ1) is 13.7. The molecule has 0 radical (unpaired) electrons. The van der Waals surface area contributed by atoms with E-state index in [1.807, 2.05) is 6.92 Å². The normalized spacial score (nSPS) is 44.7. The van der Waals surface area contributed by atoms with Crippen molar-refractivity contribution in [2.24, 2.45) is 41.4 Å². The Bertz CT molecular complexity index is 578. The van der Waals surface area contributed by atoms with Crippen molar-refractivity contribution in [1.29, 1.82) is 0 Å². The molecule has 1 fully saturated rings. The van der Waals surface area contributed by atoms with Crippen LogP contribution >= 0.6 is 0 Å². The molecule has 1 aliphatic heterocycles. The number of cyclic esters (lactones) is 1. The first kappa shape index (κ1) is 27.0. The molecule has 1 aliphatic rings. The topological polar surface area (TPSA) is 124 Å². The van der Waals surface area contributed by atoms with Gasteiger partial charge in [-0.25, -0.2) is 0 Å². The molecule has 4 N–H and O–H groups in total. The van der Waals surface area contributed by atoms with Crippen LogP contribution in [0, 0.1) is 41.4 Å². The molecule has 0 aromatic heterocycles. The van der Waals surface area contributed by atoms with Crippen LogP contribution in [0.4, 0.5) is 0 Å². The number of ether oxygens (including phenoxy) is 1.